The van der Waals surface area contributed by atoms with Gasteiger partial charge < -0.3 is 0 Å². The van der Waals surface area contributed by atoms with Gasteiger partial charge in [0.1, 0.15) is 0 Å². The number of hydrogen-bond acceptors (Lipinski definition) is 1. The van der Waals surface area contributed by atoms with Crippen LogP contribution in [0, 0.1) is 17.7 Å². The van der Waals surface area contributed by atoms with Crippen molar-refractivity contribution in [2.24, 2.45) is 10.8 Å². The molecule has 1 heteroatoms. The van der Waals surface area contributed by atoms with E-state index < -0.39 is 18.6 Å². The second kappa shape index (κ2) is 6.47. The third-order valence-electron chi connectivity index (χ3n) is 3.40. The normalized spacial score (nSPS) is 16.9. The molecular weight excluding hydrogens is 278 g/mol. The summed E-state index contributed by atoms with van der Waals surface area (Å²) in [5.41, 5.74) is 2.84. The van der Waals surface area contributed by atoms with Gasteiger partial charge in [0, 0.05) is 18.6 Å². The minimum absolute atomic E-state index is 0.00749. The standard InChI is InChI=1S/C22H31N/c1-16-8-10-17(11-9-16)20-12-18(13-21(2,3)4)19(15-23-20)14-22(5,6)7/h8-12,15H,13-14H2,1-7H3/i1D3,14D2. The minimum atomic E-state index is -2.13. The second-order valence-electron chi connectivity index (χ2n) is 8.42. The molecule has 1 heterocycles. The van der Waals surface area contributed by atoms with Crippen molar-refractivity contribution in [2.75, 3.05) is 0 Å². The van der Waals surface area contributed by atoms with E-state index in [4.69, 9.17) is 6.85 Å². The smallest absolute Gasteiger partial charge is 0.0704 e. The molecule has 1 aromatic heterocycles. The summed E-state index contributed by atoms with van der Waals surface area (Å²) in [7, 11) is 0. The van der Waals surface area contributed by atoms with Crippen LogP contribution in [0.1, 0.15) is 65.1 Å². The molecule has 0 saturated carbocycles. The molecule has 0 fully saturated rings. The molecule has 1 aromatic carbocycles. The summed E-state index contributed by atoms with van der Waals surface area (Å²) in [5.74, 6) is 0. The fourth-order valence-corrected chi connectivity index (χ4v) is 2.53. The average Bonchev–Trinajstić information content (AvgIpc) is 2.51. The van der Waals surface area contributed by atoms with Gasteiger partial charge in [0.25, 0.3) is 0 Å². The molecular formula is C22H31N. The summed E-state index contributed by atoms with van der Waals surface area (Å²) in [5, 5.41) is 0. The highest BCUT2D eigenvalue weighted by atomic mass is 14.7. The third-order valence-corrected chi connectivity index (χ3v) is 3.40. The largest absolute Gasteiger partial charge is 0.256 e. The van der Waals surface area contributed by atoms with E-state index in [1.165, 1.54) is 0 Å². The van der Waals surface area contributed by atoms with Crippen LogP contribution < -0.4 is 0 Å². The first-order valence-electron chi connectivity index (χ1n) is 10.6. The van der Waals surface area contributed by atoms with Crippen LogP contribution in [-0.2, 0) is 12.8 Å². The maximum absolute atomic E-state index is 8.70. The Morgan fingerprint density at radius 2 is 1.61 bits per heavy atom. The van der Waals surface area contributed by atoms with E-state index in [0.717, 1.165) is 23.2 Å². The third kappa shape index (κ3) is 5.49. The zero-order chi connectivity index (χ0) is 21.5. The Bertz CT molecular complexity index is 822. The van der Waals surface area contributed by atoms with Gasteiger partial charge >= 0.3 is 0 Å². The summed E-state index contributed by atoms with van der Waals surface area (Å²) in [6, 6.07) is 8.70. The molecule has 0 saturated heterocycles. The first-order chi connectivity index (χ1) is 12.5. The zero-order valence-corrected chi connectivity index (χ0v) is 15.1. The van der Waals surface area contributed by atoms with Crippen molar-refractivity contribution in [3.05, 3.63) is 53.2 Å². The maximum Gasteiger partial charge on any atom is 0.0704 e. The Balaban J connectivity index is 2.56. The van der Waals surface area contributed by atoms with E-state index in [9.17, 15) is 0 Å². The Kier molecular flexibility index (Phi) is 3.33. The summed E-state index contributed by atoms with van der Waals surface area (Å²) < 4.78 is 39.9. The maximum atomic E-state index is 8.70. The van der Waals surface area contributed by atoms with Crippen LogP contribution in [0.3, 0.4) is 0 Å². The van der Waals surface area contributed by atoms with Crippen LogP contribution in [0.15, 0.2) is 36.5 Å². The first-order valence-corrected chi connectivity index (χ1v) is 8.13. The van der Waals surface area contributed by atoms with Gasteiger partial charge in [-0.05, 0) is 47.7 Å². The van der Waals surface area contributed by atoms with Gasteiger partial charge in [-0.15, -0.1) is 0 Å². The Morgan fingerprint density at radius 3 is 2.13 bits per heavy atom. The van der Waals surface area contributed by atoms with Crippen LogP contribution in [0.5, 0.6) is 0 Å². The molecule has 1 nitrogen and oxygen atoms in total. The van der Waals surface area contributed by atoms with Crippen molar-refractivity contribution in [2.45, 2.75) is 61.2 Å². The molecule has 23 heavy (non-hydrogen) atoms. The van der Waals surface area contributed by atoms with E-state index in [1.807, 2.05) is 26.8 Å². The molecule has 2 aromatic rings. The van der Waals surface area contributed by atoms with Crippen LogP contribution in [0.4, 0.5) is 0 Å². The summed E-state index contributed by atoms with van der Waals surface area (Å²) in [6.45, 7) is 9.97. The van der Waals surface area contributed by atoms with Crippen LogP contribution >= 0.6 is 0 Å². The van der Waals surface area contributed by atoms with Gasteiger partial charge in [-0.3, -0.25) is 4.98 Å². The lowest BCUT2D eigenvalue weighted by Crippen LogP contribution is -2.15. The number of nitrogens with zero attached hydrogens (tertiary/aromatic N) is 1. The molecule has 0 unspecified atom stereocenters. The molecule has 0 bridgehead atoms. The predicted molar refractivity (Wildman–Crippen MR) is 101 cm³/mol. The number of aryl methyl sites for hydroxylation is 1. The average molecular weight is 315 g/mol. The Morgan fingerprint density at radius 1 is 0.957 bits per heavy atom. The van der Waals surface area contributed by atoms with Gasteiger partial charge in [0.15, 0.2) is 0 Å². The Labute approximate surface area is 149 Å². The summed E-state index contributed by atoms with van der Waals surface area (Å²) in [6.07, 6.45) is 0.852. The van der Waals surface area contributed by atoms with Crippen molar-refractivity contribution < 1.29 is 6.85 Å². The number of rotatable bonds is 3. The highest BCUT2D eigenvalue weighted by Gasteiger charge is 2.19. The Hall–Kier alpha value is -1.63. The summed E-state index contributed by atoms with van der Waals surface area (Å²) in [4.78, 5) is 4.53. The second-order valence-corrected chi connectivity index (χ2v) is 8.42. The molecule has 0 aliphatic heterocycles. The molecule has 124 valence electrons. The number of hydrogen-bond donors (Lipinski definition) is 0. The van der Waals surface area contributed by atoms with Gasteiger partial charge in [-0.1, -0.05) is 71.4 Å². The van der Waals surface area contributed by atoms with Crippen molar-refractivity contribution in [3.8, 4) is 11.3 Å². The lowest BCUT2D eigenvalue weighted by atomic mass is 9.81. The quantitative estimate of drug-likeness (QED) is 0.654. The van der Waals surface area contributed by atoms with Crippen molar-refractivity contribution in [3.63, 3.8) is 0 Å². The van der Waals surface area contributed by atoms with Crippen LogP contribution in [0.2, 0.25) is 0 Å². The molecule has 0 aliphatic carbocycles. The van der Waals surface area contributed by atoms with E-state index in [-0.39, 0.29) is 5.41 Å². The number of aromatic nitrogens is 1. The molecule has 0 spiro atoms. The fourth-order valence-electron chi connectivity index (χ4n) is 2.53. The van der Waals surface area contributed by atoms with Gasteiger partial charge in [-0.25, -0.2) is 0 Å². The molecule has 0 radical (unpaired) electrons. The molecule has 0 N–H and O–H groups in total. The lowest BCUT2D eigenvalue weighted by molar-refractivity contribution is 0.392. The van der Waals surface area contributed by atoms with Gasteiger partial charge in [-0.2, -0.15) is 0 Å². The van der Waals surface area contributed by atoms with Gasteiger partial charge in [0.2, 0.25) is 0 Å². The lowest BCUT2D eigenvalue weighted by Gasteiger charge is -2.24. The van der Waals surface area contributed by atoms with E-state index in [0.29, 0.717) is 11.1 Å². The van der Waals surface area contributed by atoms with E-state index >= 15 is 0 Å². The van der Waals surface area contributed by atoms with Crippen LogP contribution in [0.25, 0.3) is 11.3 Å². The van der Waals surface area contributed by atoms with Crippen LogP contribution in [-0.4, -0.2) is 4.98 Å². The fraction of sp³-hybridized carbons (Fsp3) is 0.500. The highest BCUT2D eigenvalue weighted by Crippen LogP contribution is 2.30. The topological polar surface area (TPSA) is 12.9 Å². The highest BCUT2D eigenvalue weighted by molar-refractivity contribution is 5.60. The van der Waals surface area contributed by atoms with Crippen molar-refractivity contribution in [1.82, 2.24) is 4.98 Å². The SMILES string of the molecule is [2H]C([2H])([2H])c1ccc(-c2cc(CC(C)(C)C)c(C([2H])([2H])C(C)(C)C)cn2)cc1. The molecule has 0 amide bonds. The predicted octanol–water partition coefficient (Wildman–Crippen LogP) is 6.23. The molecule has 2 rings (SSSR count). The van der Waals surface area contributed by atoms with Crippen molar-refractivity contribution in [1.29, 1.82) is 0 Å². The van der Waals surface area contributed by atoms with E-state index in [2.05, 4.69) is 25.8 Å². The minimum Gasteiger partial charge on any atom is -0.256 e. The first kappa shape index (κ1) is 11.8. The number of benzene rings is 1. The number of pyridine rings is 1. The summed E-state index contributed by atoms with van der Waals surface area (Å²) >= 11 is 0. The van der Waals surface area contributed by atoms with Crippen molar-refractivity contribution >= 4 is 0 Å². The zero-order valence-electron chi connectivity index (χ0n) is 20.1. The molecule has 0 aliphatic rings. The monoisotopic (exact) mass is 314 g/mol. The molecule has 0 atom stereocenters. The van der Waals surface area contributed by atoms with E-state index in [1.54, 1.807) is 30.5 Å². The van der Waals surface area contributed by atoms with Gasteiger partial charge in [0.05, 0.1) is 5.69 Å².